The molecule has 0 saturated carbocycles. The molecule has 3 N–H and O–H groups in total. The fraction of sp³-hybridized carbons (Fsp3) is 0.529. The first-order chi connectivity index (χ1) is 10.6. The number of hydrogen-bond donors (Lipinski definition) is 2. The average molecular weight is 301 g/mol. The molecular weight excluding hydrogens is 278 g/mol. The van der Waals surface area contributed by atoms with Crippen LogP contribution in [-0.4, -0.2) is 29.8 Å². The molecule has 1 unspecified atom stereocenters. The first-order valence-electron chi connectivity index (χ1n) is 8.09. The predicted molar refractivity (Wildman–Crippen MR) is 85.1 cm³/mol. The van der Waals surface area contributed by atoms with E-state index in [1.54, 1.807) is 4.90 Å². The lowest BCUT2D eigenvalue weighted by Gasteiger charge is -2.29. The van der Waals surface area contributed by atoms with Gasteiger partial charge in [0.15, 0.2) is 0 Å². The first-order valence-corrected chi connectivity index (χ1v) is 8.09. The molecule has 1 aliphatic carbocycles. The number of benzene rings is 1. The van der Waals surface area contributed by atoms with E-state index in [0.29, 0.717) is 13.0 Å². The summed E-state index contributed by atoms with van der Waals surface area (Å²) in [5, 5.41) is 3.09. The van der Waals surface area contributed by atoms with Gasteiger partial charge in [-0.05, 0) is 55.4 Å². The molecule has 5 heteroatoms. The van der Waals surface area contributed by atoms with E-state index in [1.165, 1.54) is 11.1 Å². The van der Waals surface area contributed by atoms with Crippen LogP contribution in [0.5, 0.6) is 0 Å². The van der Waals surface area contributed by atoms with E-state index in [4.69, 9.17) is 5.73 Å². The van der Waals surface area contributed by atoms with Crippen LogP contribution in [-0.2, 0) is 16.0 Å². The van der Waals surface area contributed by atoms with Crippen molar-refractivity contribution in [3.63, 3.8) is 0 Å². The number of amides is 2. The quantitative estimate of drug-likeness (QED) is 0.836. The second-order valence-corrected chi connectivity index (χ2v) is 6.24. The maximum absolute atomic E-state index is 12.3. The van der Waals surface area contributed by atoms with Crippen molar-refractivity contribution in [2.45, 2.75) is 44.6 Å². The Hall–Kier alpha value is -2.04. The molecule has 118 valence electrons. The van der Waals surface area contributed by atoms with Crippen LogP contribution < -0.4 is 11.1 Å². The van der Waals surface area contributed by atoms with Gasteiger partial charge in [0.25, 0.3) is 0 Å². The van der Waals surface area contributed by atoms with Crippen LogP contribution in [0.15, 0.2) is 18.2 Å². The fourth-order valence-corrected chi connectivity index (χ4v) is 3.43. The molecule has 2 aliphatic rings. The number of aryl methyl sites for hydroxylation is 1. The predicted octanol–water partition coefficient (Wildman–Crippen LogP) is 1.77. The number of carbonyl (C=O) groups excluding carboxylic acids is 2. The maximum Gasteiger partial charge on any atom is 0.240 e. The summed E-state index contributed by atoms with van der Waals surface area (Å²) in [5.41, 5.74) is 9.00. The SMILES string of the molecule is Nc1ccc2c(c1)CCCC2NC(=O)CN1CCCCC1=O. The zero-order valence-electron chi connectivity index (χ0n) is 12.8. The summed E-state index contributed by atoms with van der Waals surface area (Å²) in [6.07, 6.45) is 5.50. The van der Waals surface area contributed by atoms with Crippen molar-refractivity contribution < 1.29 is 9.59 Å². The lowest BCUT2D eigenvalue weighted by molar-refractivity contribution is -0.138. The standard InChI is InChI=1S/C17H23N3O2/c18-13-7-8-14-12(10-13)4-3-5-15(14)19-16(21)11-20-9-2-1-6-17(20)22/h7-8,10,15H,1-6,9,11,18H2,(H,19,21). The van der Waals surface area contributed by atoms with Crippen molar-refractivity contribution in [2.75, 3.05) is 18.8 Å². The van der Waals surface area contributed by atoms with Gasteiger partial charge in [0.1, 0.15) is 0 Å². The number of hydrogen-bond acceptors (Lipinski definition) is 3. The Morgan fingerprint density at radius 3 is 2.95 bits per heavy atom. The first kappa shape index (κ1) is 14.9. The lowest BCUT2D eigenvalue weighted by atomic mass is 9.87. The van der Waals surface area contributed by atoms with Crippen molar-refractivity contribution in [1.82, 2.24) is 10.2 Å². The van der Waals surface area contributed by atoms with Gasteiger partial charge in [-0.25, -0.2) is 0 Å². The minimum Gasteiger partial charge on any atom is -0.399 e. The minimum atomic E-state index is -0.0649. The Bertz CT molecular complexity index is 585. The van der Waals surface area contributed by atoms with Gasteiger partial charge in [-0.1, -0.05) is 6.07 Å². The summed E-state index contributed by atoms with van der Waals surface area (Å²) in [5.74, 6) is 0.0307. The van der Waals surface area contributed by atoms with E-state index in [9.17, 15) is 9.59 Å². The van der Waals surface area contributed by atoms with Gasteiger partial charge in [0.05, 0.1) is 12.6 Å². The van der Waals surface area contributed by atoms with Crippen LogP contribution in [0.25, 0.3) is 0 Å². The molecule has 1 aromatic rings. The highest BCUT2D eigenvalue weighted by atomic mass is 16.2. The smallest absolute Gasteiger partial charge is 0.240 e. The monoisotopic (exact) mass is 301 g/mol. The molecule has 0 bridgehead atoms. The number of nitrogens with two attached hydrogens (primary N) is 1. The number of likely N-dealkylation sites (tertiary alicyclic amines) is 1. The molecule has 1 atom stereocenters. The van der Waals surface area contributed by atoms with Crippen LogP contribution >= 0.6 is 0 Å². The molecule has 22 heavy (non-hydrogen) atoms. The van der Waals surface area contributed by atoms with Gasteiger partial charge in [-0.15, -0.1) is 0 Å². The van der Waals surface area contributed by atoms with Gasteiger partial charge in [0, 0.05) is 18.7 Å². The number of anilines is 1. The third-order valence-corrected chi connectivity index (χ3v) is 4.57. The number of nitrogens with one attached hydrogen (secondary N) is 1. The zero-order chi connectivity index (χ0) is 15.5. The summed E-state index contributed by atoms with van der Waals surface area (Å²) in [6.45, 7) is 0.879. The van der Waals surface area contributed by atoms with Crippen molar-refractivity contribution in [1.29, 1.82) is 0 Å². The Balaban J connectivity index is 1.64. The van der Waals surface area contributed by atoms with Crippen molar-refractivity contribution in [3.8, 4) is 0 Å². The molecule has 2 amide bonds. The third-order valence-electron chi connectivity index (χ3n) is 4.57. The maximum atomic E-state index is 12.3. The number of nitrogen functional groups attached to an aromatic ring is 1. The normalized spacial score (nSPS) is 21.4. The minimum absolute atomic E-state index is 0.0387. The number of rotatable bonds is 3. The zero-order valence-corrected chi connectivity index (χ0v) is 12.8. The van der Waals surface area contributed by atoms with E-state index < -0.39 is 0 Å². The molecule has 1 aromatic carbocycles. The molecule has 0 aromatic heterocycles. The van der Waals surface area contributed by atoms with Crippen LogP contribution in [0.3, 0.4) is 0 Å². The van der Waals surface area contributed by atoms with E-state index in [0.717, 1.165) is 37.8 Å². The fourth-order valence-electron chi connectivity index (χ4n) is 3.43. The summed E-state index contributed by atoms with van der Waals surface area (Å²) in [7, 11) is 0. The van der Waals surface area contributed by atoms with Crippen molar-refractivity contribution in [3.05, 3.63) is 29.3 Å². The number of fused-ring (bicyclic) bond motifs is 1. The highest BCUT2D eigenvalue weighted by Crippen LogP contribution is 2.30. The Morgan fingerprint density at radius 1 is 1.27 bits per heavy atom. The van der Waals surface area contributed by atoms with Crippen LogP contribution in [0.2, 0.25) is 0 Å². The van der Waals surface area contributed by atoms with Gasteiger partial charge in [0.2, 0.25) is 11.8 Å². The molecule has 1 heterocycles. The molecule has 1 fully saturated rings. The van der Waals surface area contributed by atoms with Crippen LogP contribution in [0.1, 0.15) is 49.3 Å². The number of nitrogens with zero attached hydrogens (tertiary/aromatic N) is 1. The van der Waals surface area contributed by atoms with Crippen molar-refractivity contribution >= 4 is 17.5 Å². The van der Waals surface area contributed by atoms with Gasteiger partial charge >= 0.3 is 0 Å². The Labute approximate surface area is 130 Å². The van der Waals surface area contributed by atoms with Crippen LogP contribution in [0, 0.1) is 0 Å². The summed E-state index contributed by atoms with van der Waals surface area (Å²) >= 11 is 0. The molecule has 0 radical (unpaired) electrons. The van der Waals surface area contributed by atoms with E-state index in [1.807, 2.05) is 18.2 Å². The van der Waals surface area contributed by atoms with Crippen molar-refractivity contribution in [2.24, 2.45) is 0 Å². The number of piperidine rings is 1. The second kappa shape index (κ2) is 6.38. The van der Waals surface area contributed by atoms with E-state index >= 15 is 0 Å². The Kier molecular flexibility index (Phi) is 4.32. The van der Waals surface area contributed by atoms with E-state index in [2.05, 4.69) is 5.32 Å². The topological polar surface area (TPSA) is 75.4 Å². The molecule has 3 rings (SSSR count). The Morgan fingerprint density at radius 2 is 2.14 bits per heavy atom. The van der Waals surface area contributed by atoms with Gasteiger partial charge < -0.3 is 16.0 Å². The largest absolute Gasteiger partial charge is 0.399 e. The molecule has 0 spiro atoms. The highest BCUT2D eigenvalue weighted by molar-refractivity contribution is 5.85. The lowest BCUT2D eigenvalue weighted by Crippen LogP contribution is -2.44. The summed E-state index contributed by atoms with van der Waals surface area (Å²) in [6, 6.07) is 5.94. The van der Waals surface area contributed by atoms with Crippen LogP contribution in [0.4, 0.5) is 5.69 Å². The van der Waals surface area contributed by atoms with Gasteiger partial charge in [-0.2, -0.15) is 0 Å². The highest BCUT2D eigenvalue weighted by Gasteiger charge is 2.24. The summed E-state index contributed by atoms with van der Waals surface area (Å²) in [4.78, 5) is 25.7. The summed E-state index contributed by atoms with van der Waals surface area (Å²) < 4.78 is 0. The third kappa shape index (κ3) is 3.24. The molecular formula is C17H23N3O2. The van der Waals surface area contributed by atoms with E-state index in [-0.39, 0.29) is 24.4 Å². The van der Waals surface area contributed by atoms with Gasteiger partial charge in [-0.3, -0.25) is 9.59 Å². The number of carbonyl (C=O) groups is 2. The molecule has 1 aliphatic heterocycles. The molecule has 1 saturated heterocycles. The average Bonchev–Trinajstić information content (AvgIpc) is 2.49. The molecule has 5 nitrogen and oxygen atoms in total. The second-order valence-electron chi connectivity index (χ2n) is 6.24.